The maximum atomic E-state index is 12.9. The summed E-state index contributed by atoms with van der Waals surface area (Å²) < 4.78 is 12.9. The number of rotatable bonds is 5. The summed E-state index contributed by atoms with van der Waals surface area (Å²) in [6.45, 7) is 1.84. The first kappa shape index (κ1) is 15.1. The average Bonchev–Trinajstić information content (AvgIpc) is 3.08. The zero-order chi connectivity index (χ0) is 16.2. The topological polar surface area (TPSA) is 84.2 Å². The summed E-state index contributed by atoms with van der Waals surface area (Å²) in [5, 5.41) is 14.4. The van der Waals surface area contributed by atoms with Crippen LogP contribution in [0.15, 0.2) is 30.6 Å². The van der Waals surface area contributed by atoms with E-state index in [0.717, 1.165) is 31.5 Å². The molecular formula is C15H16FN5O2. The molecule has 2 aromatic rings. The molecule has 0 unspecified atom stereocenters. The summed E-state index contributed by atoms with van der Waals surface area (Å²) in [6, 6.07) is 5.94. The van der Waals surface area contributed by atoms with Gasteiger partial charge in [0, 0.05) is 19.6 Å². The van der Waals surface area contributed by atoms with E-state index in [9.17, 15) is 14.5 Å². The molecule has 8 heteroatoms. The molecule has 0 spiro atoms. The SMILES string of the molecule is O=[N+]([O-])c1c(NCc2ccc(F)cc2)ncnc1N1CCCC1. The van der Waals surface area contributed by atoms with Gasteiger partial charge in [-0.3, -0.25) is 10.1 Å². The lowest BCUT2D eigenvalue weighted by atomic mass is 10.2. The zero-order valence-electron chi connectivity index (χ0n) is 12.4. The molecule has 120 valence electrons. The Kier molecular flexibility index (Phi) is 4.31. The maximum Gasteiger partial charge on any atom is 0.353 e. The van der Waals surface area contributed by atoms with Crippen LogP contribution in [0.4, 0.5) is 21.7 Å². The Hall–Kier alpha value is -2.77. The molecule has 0 amide bonds. The third kappa shape index (κ3) is 3.36. The number of nitro groups is 1. The van der Waals surface area contributed by atoms with Gasteiger partial charge in [0.1, 0.15) is 12.1 Å². The molecule has 1 aromatic carbocycles. The largest absolute Gasteiger partial charge is 0.360 e. The Balaban J connectivity index is 1.84. The lowest BCUT2D eigenvalue weighted by Gasteiger charge is -2.17. The molecule has 0 atom stereocenters. The van der Waals surface area contributed by atoms with Crippen LogP contribution in [-0.4, -0.2) is 28.0 Å². The van der Waals surface area contributed by atoms with Crippen molar-refractivity contribution in [1.29, 1.82) is 0 Å². The Labute approximate surface area is 132 Å². The first-order valence-electron chi connectivity index (χ1n) is 7.38. The third-order valence-electron chi connectivity index (χ3n) is 3.76. The number of aromatic nitrogens is 2. The van der Waals surface area contributed by atoms with E-state index in [1.165, 1.54) is 18.5 Å². The monoisotopic (exact) mass is 317 g/mol. The van der Waals surface area contributed by atoms with E-state index in [1.54, 1.807) is 12.1 Å². The van der Waals surface area contributed by atoms with Gasteiger partial charge in [0.15, 0.2) is 0 Å². The fourth-order valence-corrected chi connectivity index (χ4v) is 2.62. The highest BCUT2D eigenvalue weighted by molar-refractivity contribution is 5.70. The van der Waals surface area contributed by atoms with Gasteiger partial charge in [0.05, 0.1) is 4.92 Å². The van der Waals surface area contributed by atoms with E-state index in [-0.39, 0.29) is 17.3 Å². The van der Waals surface area contributed by atoms with E-state index in [0.29, 0.717) is 12.4 Å². The number of hydrogen-bond donors (Lipinski definition) is 1. The molecule has 1 N–H and O–H groups in total. The third-order valence-corrected chi connectivity index (χ3v) is 3.76. The number of anilines is 2. The number of hydrogen-bond acceptors (Lipinski definition) is 6. The van der Waals surface area contributed by atoms with Crippen molar-refractivity contribution in [2.24, 2.45) is 0 Å². The highest BCUT2D eigenvalue weighted by Crippen LogP contribution is 2.33. The Bertz CT molecular complexity index is 702. The van der Waals surface area contributed by atoms with Crippen molar-refractivity contribution in [3.05, 3.63) is 52.1 Å². The van der Waals surface area contributed by atoms with Crippen LogP contribution in [0.5, 0.6) is 0 Å². The summed E-state index contributed by atoms with van der Waals surface area (Å²) in [7, 11) is 0. The minimum absolute atomic E-state index is 0.114. The van der Waals surface area contributed by atoms with Crippen molar-refractivity contribution < 1.29 is 9.31 Å². The first-order valence-corrected chi connectivity index (χ1v) is 7.38. The summed E-state index contributed by atoms with van der Waals surface area (Å²) >= 11 is 0. The molecule has 0 bridgehead atoms. The molecule has 1 aromatic heterocycles. The molecule has 23 heavy (non-hydrogen) atoms. The van der Waals surface area contributed by atoms with Gasteiger partial charge in [0.2, 0.25) is 11.6 Å². The number of halogens is 1. The molecule has 2 heterocycles. The summed E-state index contributed by atoms with van der Waals surface area (Å²) in [5.74, 6) is 0.207. The molecule has 1 aliphatic rings. The number of nitrogens with one attached hydrogen (secondary N) is 1. The van der Waals surface area contributed by atoms with Gasteiger partial charge in [0.25, 0.3) is 0 Å². The van der Waals surface area contributed by atoms with Crippen LogP contribution >= 0.6 is 0 Å². The highest BCUT2D eigenvalue weighted by Gasteiger charge is 2.28. The standard InChI is InChI=1S/C15H16FN5O2/c16-12-5-3-11(4-6-12)9-17-14-13(21(22)23)15(19-10-18-14)20-7-1-2-8-20/h3-6,10H,1-2,7-9H2,(H,17,18,19). The second kappa shape index (κ2) is 6.55. The fourth-order valence-electron chi connectivity index (χ4n) is 2.62. The van der Waals surface area contributed by atoms with E-state index in [2.05, 4.69) is 15.3 Å². The molecule has 0 radical (unpaired) electrons. The summed E-state index contributed by atoms with van der Waals surface area (Å²) in [5.41, 5.74) is 0.693. The molecule has 0 saturated carbocycles. The van der Waals surface area contributed by atoms with Crippen LogP contribution in [-0.2, 0) is 6.54 Å². The van der Waals surface area contributed by atoms with Gasteiger partial charge < -0.3 is 10.2 Å². The van der Waals surface area contributed by atoms with Crippen molar-refractivity contribution in [2.75, 3.05) is 23.3 Å². The van der Waals surface area contributed by atoms with Gasteiger partial charge in [-0.1, -0.05) is 12.1 Å². The summed E-state index contributed by atoms with van der Waals surface area (Å²) in [6.07, 6.45) is 3.33. The van der Waals surface area contributed by atoms with Crippen molar-refractivity contribution in [3.63, 3.8) is 0 Å². The van der Waals surface area contributed by atoms with Gasteiger partial charge in [-0.15, -0.1) is 0 Å². The van der Waals surface area contributed by atoms with E-state index in [1.807, 2.05) is 4.90 Å². The smallest absolute Gasteiger partial charge is 0.353 e. The van der Waals surface area contributed by atoms with Gasteiger partial charge in [-0.2, -0.15) is 0 Å². The molecule has 7 nitrogen and oxygen atoms in total. The van der Waals surface area contributed by atoms with Crippen LogP contribution < -0.4 is 10.2 Å². The second-order valence-electron chi connectivity index (χ2n) is 5.33. The van der Waals surface area contributed by atoms with Crippen LogP contribution in [0.25, 0.3) is 0 Å². The Morgan fingerprint density at radius 2 is 1.91 bits per heavy atom. The van der Waals surface area contributed by atoms with Gasteiger partial charge in [-0.25, -0.2) is 14.4 Å². The highest BCUT2D eigenvalue weighted by atomic mass is 19.1. The normalized spacial score (nSPS) is 14.0. The lowest BCUT2D eigenvalue weighted by Crippen LogP contribution is -2.21. The predicted molar refractivity (Wildman–Crippen MR) is 83.9 cm³/mol. The van der Waals surface area contributed by atoms with Crippen LogP contribution in [0.2, 0.25) is 0 Å². The van der Waals surface area contributed by atoms with E-state index >= 15 is 0 Å². The Morgan fingerprint density at radius 1 is 1.22 bits per heavy atom. The average molecular weight is 317 g/mol. The maximum absolute atomic E-state index is 12.9. The second-order valence-corrected chi connectivity index (χ2v) is 5.33. The lowest BCUT2D eigenvalue weighted by molar-refractivity contribution is -0.383. The van der Waals surface area contributed by atoms with Crippen LogP contribution in [0.1, 0.15) is 18.4 Å². The van der Waals surface area contributed by atoms with Crippen molar-refractivity contribution >= 4 is 17.3 Å². The minimum atomic E-state index is -0.458. The minimum Gasteiger partial charge on any atom is -0.360 e. The molecule has 1 aliphatic heterocycles. The molecule has 3 rings (SSSR count). The van der Waals surface area contributed by atoms with Crippen LogP contribution in [0, 0.1) is 15.9 Å². The number of benzene rings is 1. The zero-order valence-corrected chi connectivity index (χ0v) is 12.4. The molecule has 1 saturated heterocycles. The van der Waals surface area contributed by atoms with E-state index < -0.39 is 4.92 Å². The van der Waals surface area contributed by atoms with Gasteiger partial charge >= 0.3 is 5.69 Å². The van der Waals surface area contributed by atoms with E-state index in [4.69, 9.17) is 0 Å². The number of nitrogens with zero attached hydrogens (tertiary/aromatic N) is 4. The first-order chi connectivity index (χ1) is 11.1. The molecular weight excluding hydrogens is 301 g/mol. The Morgan fingerprint density at radius 3 is 2.57 bits per heavy atom. The predicted octanol–water partition coefficient (Wildman–Crippen LogP) is 2.74. The van der Waals surface area contributed by atoms with Crippen molar-refractivity contribution in [1.82, 2.24) is 9.97 Å². The molecule has 1 fully saturated rings. The van der Waals surface area contributed by atoms with Gasteiger partial charge in [-0.05, 0) is 30.5 Å². The van der Waals surface area contributed by atoms with Crippen LogP contribution in [0.3, 0.4) is 0 Å². The quantitative estimate of drug-likeness (QED) is 0.674. The van der Waals surface area contributed by atoms with Crippen molar-refractivity contribution in [3.8, 4) is 0 Å². The van der Waals surface area contributed by atoms with Crippen molar-refractivity contribution in [2.45, 2.75) is 19.4 Å². The fraction of sp³-hybridized carbons (Fsp3) is 0.333. The molecule has 0 aliphatic carbocycles. The summed E-state index contributed by atoms with van der Waals surface area (Å²) in [4.78, 5) is 21.0.